The van der Waals surface area contributed by atoms with Crippen LogP contribution in [0, 0.1) is 0 Å². The molecule has 10 nitrogen and oxygen atoms in total. The number of nitrogen functional groups attached to an aromatic ring is 1. The molecule has 31 heavy (non-hydrogen) atoms. The SMILES string of the molecule is CC(C)S(=O)(=O)c1ccc(-c2cnc(N)c(-c3nnc(N4CCCC(N)C4)o3)n2)cc1.[HH].[HH].[HH].[HH]. The van der Waals surface area contributed by atoms with E-state index in [2.05, 4.69) is 20.2 Å². The van der Waals surface area contributed by atoms with Crippen LogP contribution < -0.4 is 16.4 Å². The average molecular weight is 452 g/mol. The average Bonchev–Trinajstić information content (AvgIpc) is 3.24. The molecule has 1 aromatic carbocycles. The van der Waals surface area contributed by atoms with Crippen LogP contribution in [0.1, 0.15) is 32.4 Å². The third-order valence-corrected chi connectivity index (χ3v) is 7.42. The van der Waals surface area contributed by atoms with Crippen molar-refractivity contribution in [3.8, 4) is 22.8 Å². The minimum absolute atomic E-state index is 0. The number of nitrogens with zero attached hydrogens (tertiary/aromatic N) is 5. The molecule has 2 aromatic heterocycles. The summed E-state index contributed by atoms with van der Waals surface area (Å²) in [6, 6.07) is 6.94. The van der Waals surface area contributed by atoms with E-state index in [0.717, 1.165) is 19.4 Å². The minimum Gasteiger partial charge on any atom is -0.401 e. The number of anilines is 2. The molecule has 172 valence electrons. The highest BCUT2D eigenvalue weighted by molar-refractivity contribution is 7.92. The highest BCUT2D eigenvalue weighted by Crippen LogP contribution is 2.28. The van der Waals surface area contributed by atoms with Crippen molar-refractivity contribution in [3.05, 3.63) is 30.5 Å². The van der Waals surface area contributed by atoms with Gasteiger partial charge in [-0.15, -0.1) is 5.10 Å². The number of aromatic nitrogens is 4. The molecular formula is C20H33N7O3S. The molecule has 1 unspecified atom stereocenters. The van der Waals surface area contributed by atoms with Crippen LogP contribution in [0.5, 0.6) is 0 Å². The summed E-state index contributed by atoms with van der Waals surface area (Å²) < 4.78 is 30.5. The van der Waals surface area contributed by atoms with Gasteiger partial charge in [-0.05, 0) is 38.8 Å². The standard InChI is InChI=1S/C20H25N7O3S.4H2/c1-12(2)31(28,29)15-7-5-13(6-8-15)16-10-23-18(22)17(24-16)19-25-26-20(30-19)27-9-3-4-14(21)11-27;;;;/h5-8,10,12,14H,3-4,9,11,21H2,1-2H3,(H2,22,23);4*1H. The zero-order chi connectivity index (χ0) is 22.2. The van der Waals surface area contributed by atoms with Crippen molar-refractivity contribution in [2.45, 2.75) is 42.9 Å². The Morgan fingerprint density at radius 2 is 1.97 bits per heavy atom. The normalized spacial score (nSPS) is 17.3. The molecule has 1 saturated heterocycles. The summed E-state index contributed by atoms with van der Waals surface area (Å²) in [5.74, 6) is 0.327. The van der Waals surface area contributed by atoms with Crippen LogP contribution in [0.25, 0.3) is 22.8 Å². The Morgan fingerprint density at radius 3 is 2.65 bits per heavy atom. The van der Waals surface area contributed by atoms with Gasteiger partial charge >= 0.3 is 6.01 Å². The van der Waals surface area contributed by atoms with E-state index in [0.29, 0.717) is 23.8 Å². The van der Waals surface area contributed by atoms with E-state index in [1.54, 1.807) is 38.1 Å². The lowest BCUT2D eigenvalue weighted by atomic mass is 10.1. The fourth-order valence-electron chi connectivity index (χ4n) is 3.41. The Hall–Kier alpha value is -3.05. The van der Waals surface area contributed by atoms with E-state index < -0.39 is 15.1 Å². The Labute approximate surface area is 186 Å². The van der Waals surface area contributed by atoms with Gasteiger partial charge in [-0.1, -0.05) is 17.2 Å². The molecule has 0 spiro atoms. The predicted octanol–water partition coefficient (Wildman–Crippen LogP) is 2.87. The van der Waals surface area contributed by atoms with E-state index in [1.165, 1.54) is 6.20 Å². The lowest BCUT2D eigenvalue weighted by molar-refractivity contribution is 0.461. The first kappa shape index (κ1) is 21.2. The fourth-order valence-corrected chi connectivity index (χ4v) is 4.46. The number of sulfone groups is 1. The smallest absolute Gasteiger partial charge is 0.318 e. The number of hydrogen-bond acceptors (Lipinski definition) is 10. The van der Waals surface area contributed by atoms with Gasteiger partial charge in [-0.2, -0.15) is 0 Å². The Kier molecular flexibility index (Phi) is 5.63. The van der Waals surface area contributed by atoms with Crippen LogP contribution in [-0.2, 0) is 9.84 Å². The topological polar surface area (TPSA) is 154 Å². The first-order chi connectivity index (χ1) is 14.8. The highest BCUT2D eigenvalue weighted by atomic mass is 32.2. The van der Waals surface area contributed by atoms with Gasteiger partial charge < -0.3 is 20.8 Å². The van der Waals surface area contributed by atoms with Crippen LogP contribution >= 0.6 is 0 Å². The van der Waals surface area contributed by atoms with Crippen LogP contribution in [0.2, 0.25) is 0 Å². The monoisotopic (exact) mass is 451 g/mol. The van der Waals surface area contributed by atoms with Crippen molar-refractivity contribution < 1.29 is 18.5 Å². The van der Waals surface area contributed by atoms with Crippen molar-refractivity contribution in [2.75, 3.05) is 23.7 Å². The summed E-state index contributed by atoms with van der Waals surface area (Å²) >= 11 is 0. The van der Waals surface area contributed by atoms with Gasteiger partial charge in [0.1, 0.15) is 0 Å². The van der Waals surface area contributed by atoms with Gasteiger partial charge in [-0.3, -0.25) is 0 Å². The molecule has 0 amide bonds. The molecule has 3 heterocycles. The molecule has 1 atom stereocenters. The van der Waals surface area contributed by atoms with Crippen LogP contribution in [0.3, 0.4) is 0 Å². The summed E-state index contributed by atoms with van der Waals surface area (Å²) in [7, 11) is -3.35. The molecule has 0 aliphatic carbocycles. The second kappa shape index (κ2) is 8.23. The summed E-state index contributed by atoms with van der Waals surface area (Å²) in [6.07, 6.45) is 3.44. The second-order valence-corrected chi connectivity index (χ2v) is 10.3. The van der Waals surface area contributed by atoms with E-state index in [4.69, 9.17) is 15.9 Å². The van der Waals surface area contributed by atoms with Gasteiger partial charge in [-0.25, -0.2) is 18.4 Å². The molecule has 0 saturated carbocycles. The number of rotatable bonds is 5. The predicted molar refractivity (Wildman–Crippen MR) is 125 cm³/mol. The molecule has 11 heteroatoms. The first-order valence-electron chi connectivity index (χ1n) is 10.1. The lowest BCUT2D eigenvalue weighted by Crippen LogP contribution is -2.43. The number of benzene rings is 1. The van der Waals surface area contributed by atoms with Crippen molar-refractivity contribution in [2.24, 2.45) is 5.73 Å². The minimum atomic E-state index is -3.35. The van der Waals surface area contributed by atoms with Gasteiger partial charge in [0.15, 0.2) is 21.3 Å². The summed E-state index contributed by atoms with van der Waals surface area (Å²) in [5.41, 5.74) is 13.5. The molecule has 0 bridgehead atoms. The van der Waals surface area contributed by atoms with Gasteiger partial charge in [0.05, 0.1) is 22.0 Å². The van der Waals surface area contributed by atoms with E-state index in [-0.39, 0.29) is 34.0 Å². The lowest BCUT2D eigenvalue weighted by Gasteiger charge is -2.28. The quantitative estimate of drug-likeness (QED) is 0.591. The Balaban J connectivity index is 0.00000289. The molecule has 0 radical (unpaired) electrons. The molecule has 1 fully saturated rings. The Bertz CT molecular complexity index is 1190. The molecule has 1 aliphatic heterocycles. The van der Waals surface area contributed by atoms with Crippen molar-refractivity contribution in [1.82, 2.24) is 20.2 Å². The molecule has 1 aliphatic rings. The van der Waals surface area contributed by atoms with Crippen molar-refractivity contribution in [3.63, 3.8) is 0 Å². The van der Waals surface area contributed by atoms with Gasteiger partial charge in [0.25, 0.3) is 5.89 Å². The zero-order valence-electron chi connectivity index (χ0n) is 17.4. The maximum Gasteiger partial charge on any atom is 0.318 e. The molecule has 4 N–H and O–H groups in total. The van der Waals surface area contributed by atoms with Crippen LogP contribution in [0.15, 0.2) is 39.8 Å². The summed E-state index contributed by atoms with van der Waals surface area (Å²) in [6.45, 7) is 4.74. The third-order valence-electron chi connectivity index (χ3n) is 5.25. The summed E-state index contributed by atoms with van der Waals surface area (Å²) in [5, 5.41) is 7.70. The van der Waals surface area contributed by atoms with Crippen LogP contribution in [0.4, 0.5) is 11.8 Å². The third kappa shape index (κ3) is 4.23. The summed E-state index contributed by atoms with van der Waals surface area (Å²) in [4.78, 5) is 10.9. The van der Waals surface area contributed by atoms with E-state index in [9.17, 15) is 8.42 Å². The maximum absolute atomic E-state index is 12.3. The van der Waals surface area contributed by atoms with E-state index in [1.807, 2.05) is 4.90 Å². The van der Waals surface area contributed by atoms with E-state index >= 15 is 0 Å². The zero-order valence-corrected chi connectivity index (χ0v) is 18.2. The molecular weight excluding hydrogens is 418 g/mol. The molecule has 3 aromatic rings. The second-order valence-electron chi connectivity index (χ2n) is 7.85. The fraction of sp³-hybridized carbons (Fsp3) is 0.400. The number of hydrogen-bond donors (Lipinski definition) is 2. The largest absolute Gasteiger partial charge is 0.401 e. The van der Waals surface area contributed by atoms with Crippen molar-refractivity contribution >= 4 is 21.7 Å². The van der Waals surface area contributed by atoms with Gasteiger partial charge in [0.2, 0.25) is 0 Å². The van der Waals surface area contributed by atoms with Gasteiger partial charge in [0, 0.05) is 30.4 Å². The Morgan fingerprint density at radius 1 is 1.23 bits per heavy atom. The number of piperidine rings is 1. The highest BCUT2D eigenvalue weighted by Gasteiger charge is 2.24. The first-order valence-corrected chi connectivity index (χ1v) is 11.6. The van der Waals surface area contributed by atoms with Crippen LogP contribution in [-0.4, -0.2) is 53.0 Å². The maximum atomic E-state index is 12.3. The van der Waals surface area contributed by atoms with Crippen molar-refractivity contribution in [1.29, 1.82) is 0 Å². The molecule has 4 rings (SSSR count). The number of nitrogens with two attached hydrogens (primary N) is 2.